The first-order valence-corrected chi connectivity index (χ1v) is 6.15. The molecule has 4 unspecified atom stereocenters. The Labute approximate surface area is 85.5 Å². The zero-order valence-corrected chi connectivity index (χ0v) is 8.56. The van der Waals surface area contributed by atoms with Gasteiger partial charge in [0, 0.05) is 0 Å². The molecular weight excluding hydrogens is 172 g/mol. The summed E-state index contributed by atoms with van der Waals surface area (Å²) >= 11 is 0. The van der Waals surface area contributed by atoms with E-state index in [9.17, 15) is 0 Å². The van der Waals surface area contributed by atoms with Gasteiger partial charge in [-0.05, 0) is 55.3 Å². The second-order valence-corrected chi connectivity index (χ2v) is 5.81. The molecule has 4 aliphatic rings. The summed E-state index contributed by atoms with van der Waals surface area (Å²) < 4.78 is 5.68. The Morgan fingerprint density at radius 1 is 0.929 bits per heavy atom. The lowest BCUT2D eigenvalue weighted by atomic mass is 9.67. The minimum atomic E-state index is 0.668. The third kappa shape index (κ3) is 0.850. The van der Waals surface area contributed by atoms with Gasteiger partial charge >= 0.3 is 0 Å². The minimum Gasteiger partial charge on any atom is -0.370 e. The molecule has 1 heteroatoms. The second kappa shape index (κ2) is 2.44. The van der Waals surface area contributed by atoms with Crippen molar-refractivity contribution in [3.63, 3.8) is 0 Å². The number of fused-ring (bicyclic) bond motifs is 6. The maximum atomic E-state index is 5.68. The Kier molecular flexibility index (Phi) is 1.38. The molecule has 0 spiro atoms. The quantitative estimate of drug-likeness (QED) is 0.457. The van der Waals surface area contributed by atoms with Crippen LogP contribution in [0.5, 0.6) is 0 Å². The third-order valence-electron chi connectivity index (χ3n) is 5.40. The smallest absolute Gasteiger partial charge is 0.0844 e. The molecule has 0 aromatic carbocycles. The molecule has 1 saturated heterocycles. The van der Waals surface area contributed by atoms with Crippen LogP contribution in [0.4, 0.5) is 0 Å². The summed E-state index contributed by atoms with van der Waals surface area (Å²) in [5.74, 6) is 4.88. The maximum Gasteiger partial charge on any atom is 0.0844 e. The molecule has 0 aromatic rings. The molecule has 1 heterocycles. The van der Waals surface area contributed by atoms with E-state index in [1.54, 1.807) is 0 Å². The number of rotatable bonds is 1. The molecule has 3 aliphatic carbocycles. The van der Waals surface area contributed by atoms with Crippen molar-refractivity contribution in [2.45, 2.75) is 37.9 Å². The SMILES string of the molecule is C=C[C@@H]1C[C@H]2C[C@@H]1C1CC3OC3CC12. The molecule has 7 atom stereocenters. The van der Waals surface area contributed by atoms with Crippen molar-refractivity contribution < 1.29 is 4.74 Å². The molecule has 2 bridgehead atoms. The van der Waals surface area contributed by atoms with Crippen LogP contribution in [0.3, 0.4) is 0 Å². The fourth-order valence-corrected chi connectivity index (χ4v) is 4.77. The van der Waals surface area contributed by atoms with Crippen molar-refractivity contribution >= 4 is 0 Å². The molecule has 0 N–H and O–H groups in total. The van der Waals surface area contributed by atoms with Crippen LogP contribution in [0.2, 0.25) is 0 Å². The summed E-state index contributed by atoms with van der Waals surface area (Å²) in [4.78, 5) is 0. The number of epoxide rings is 1. The minimum absolute atomic E-state index is 0.668. The van der Waals surface area contributed by atoms with Crippen LogP contribution in [0.1, 0.15) is 25.7 Å². The van der Waals surface area contributed by atoms with Gasteiger partial charge in [-0.3, -0.25) is 0 Å². The van der Waals surface area contributed by atoms with Crippen molar-refractivity contribution in [2.24, 2.45) is 29.6 Å². The monoisotopic (exact) mass is 190 g/mol. The molecule has 4 rings (SSSR count). The molecular formula is C13H18O. The van der Waals surface area contributed by atoms with Gasteiger partial charge in [0.1, 0.15) is 0 Å². The van der Waals surface area contributed by atoms with Crippen LogP contribution in [-0.2, 0) is 4.74 Å². The van der Waals surface area contributed by atoms with Crippen LogP contribution < -0.4 is 0 Å². The summed E-state index contributed by atoms with van der Waals surface area (Å²) in [5, 5.41) is 0. The van der Waals surface area contributed by atoms with E-state index >= 15 is 0 Å². The standard InChI is InChI=1S/C13H18O/c1-2-7-3-8-4-9(7)11-6-13-12(14-13)5-10(8)11/h2,7-13H,1,3-6H2/t7-,8+,9+,10?,11?,12?,13?/m1/s1. The van der Waals surface area contributed by atoms with Crippen molar-refractivity contribution in [3.05, 3.63) is 12.7 Å². The van der Waals surface area contributed by atoms with E-state index in [0.29, 0.717) is 12.2 Å². The third-order valence-corrected chi connectivity index (χ3v) is 5.40. The first kappa shape index (κ1) is 7.92. The Morgan fingerprint density at radius 2 is 1.71 bits per heavy atom. The molecule has 0 amide bonds. The zero-order chi connectivity index (χ0) is 9.28. The van der Waals surface area contributed by atoms with Gasteiger partial charge in [-0.1, -0.05) is 6.08 Å². The van der Waals surface area contributed by atoms with E-state index in [0.717, 1.165) is 29.6 Å². The molecule has 1 aliphatic heterocycles. The van der Waals surface area contributed by atoms with Gasteiger partial charge in [0.25, 0.3) is 0 Å². The topological polar surface area (TPSA) is 12.5 Å². The van der Waals surface area contributed by atoms with Gasteiger partial charge in [-0.2, -0.15) is 0 Å². The highest BCUT2D eigenvalue weighted by molar-refractivity contribution is 5.10. The van der Waals surface area contributed by atoms with Crippen molar-refractivity contribution in [1.29, 1.82) is 0 Å². The Hall–Kier alpha value is -0.300. The fourth-order valence-electron chi connectivity index (χ4n) is 4.77. The zero-order valence-electron chi connectivity index (χ0n) is 8.56. The molecule has 1 nitrogen and oxygen atoms in total. The van der Waals surface area contributed by atoms with E-state index in [1.165, 1.54) is 25.7 Å². The Balaban J connectivity index is 1.63. The molecule has 14 heavy (non-hydrogen) atoms. The van der Waals surface area contributed by atoms with Crippen molar-refractivity contribution in [2.75, 3.05) is 0 Å². The van der Waals surface area contributed by atoms with Crippen LogP contribution in [0.15, 0.2) is 12.7 Å². The highest BCUT2D eigenvalue weighted by Crippen LogP contribution is 2.62. The number of allylic oxidation sites excluding steroid dienone is 1. The molecule has 76 valence electrons. The maximum absolute atomic E-state index is 5.68. The number of hydrogen-bond acceptors (Lipinski definition) is 1. The largest absolute Gasteiger partial charge is 0.370 e. The molecule has 0 radical (unpaired) electrons. The molecule has 4 fully saturated rings. The van der Waals surface area contributed by atoms with E-state index in [1.807, 2.05) is 0 Å². The average Bonchev–Trinajstić information content (AvgIpc) is 2.72. The van der Waals surface area contributed by atoms with Gasteiger partial charge in [-0.15, -0.1) is 6.58 Å². The average molecular weight is 190 g/mol. The number of ether oxygens (including phenoxy) is 1. The summed E-state index contributed by atoms with van der Waals surface area (Å²) in [6.07, 6.45) is 9.28. The fraction of sp³-hybridized carbons (Fsp3) is 0.846. The predicted molar refractivity (Wildman–Crippen MR) is 54.8 cm³/mol. The van der Waals surface area contributed by atoms with Gasteiger partial charge in [0.2, 0.25) is 0 Å². The van der Waals surface area contributed by atoms with Gasteiger partial charge in [-0.25, -0.2) is 0 Å². The summed E-state index contributed by atoms with van der Waals surface area (Å²) in [6.45, 7) is 4.00. The van der Waals surface area contributed by atoms with Gasteiger partial charge < -0.3 is 4.74 Å². The first-order valence-electron chi connectivity index (χ1n) is 6.15. The summed E-state index contributed by atoms with van der Waals surface area (Å²) in [6, 6.07) is 0. The Morgan fingerprint density at radius 3 is 2.50 bits per heavy atom. The normalized spacial score (nSPS) is 63.3. The van der Waals surface area contributed by atoms with Crippen LogP contribution in [0.25, 0.3) is 0 Å². The lowest BCUT2D eigenvalue weighted by molar-refractivity contribution is 0.148. The Bertz CT molecular complexity index is 285. The van der Waals surface area contributed by atoms with Crippen LogP contribution in [0, 0.1) is 29.6 Å². The molecule has 3 saturated carbocycles. The van der Waals surface area contributed by atoms with Crippen molar-refractivity contribution in [1.82, 2.24) is 0 Å². The van der Waals surface area contributed by atoms with Crippen molar-refractivity contribution in [3.8, 4) is 0 Å². The van der Waals surface area contributed by atoms with E-state index in [-0.39, 0.29) is 0 Å². The highest BCUT2D eigenvalue weighted by atomic mass is 16.6. The van der Waals surface area contributed by atoms with Gasteiger partial charge in [0.15, 0.2) is 0 Å². The second-order valence-electron chi connectivity index (χ2n) is 5.81. The lowest BCUT2D eigenvalue weighted by Gasteiger charge is -2.36. The first-order chi connectivity index (χ1) is 6.86. The van der Waals surface area contributed by atoms with E-state index in [2.05, 4.69) is 12.7 Å². The van der Waals surface area contributed by atoms with Crippen LogP contribution in [-0.4, -0.2) is 12.2 Å². The predicted octanol–water partition coefficient (Wildman–Crippen LogP) is 2.62. The van der Waals surface area contributed by atoms with Gasteiger partial charge in [0.05, 0.1) is 12.2 Å². The van der Waals surface area contributed by atoms with E-state index in [4.69, 9.17) is 4.74 Å². The summed E-state index contributed by atoms with van der Waals surface area (Å²) in [7, 11) is 0. The van der Waals surface area contributed by atoms with E-state index < -0.39 is 0 Å². The lowest BCUT2D eigenvalue weighted by Crippen LogP contribution is -2.32. The van der Waals surface area contributed by atoms with Crippen LogP contribution >= 0.6 is 0 Å². The highest BCUT2D eigenvalue weighted by Gasteiger charge is 2.59. The molecule has 0 aromatic heterocycles. The summed E-state index contributed by atoms with van der Waals surface area (Å²) in [5.41, 5.74) is 0. The number of hydrogen-bond donors (Lipinski definition) is 0.